The third-order valence-corrected chi connectivity index (χ3v) is 4.85. The molecule has 0 radical (unpaired) electrons. The molecule has 31 heavy (non-hydrogen) atoms. The number of anilines is 1. The monoisotopic (exact) mass is 412 g/mol. The molecule has 6 nitrogen and oxygen atoms in total. The van der Waals surface area contributed by atoms with Crippen LogP contribution in [0.1, 0.15) is 18.1 Å². The summed E-state index contributed by atoms with van der Waals surface area (Å²) in [6, 6.07) is 25.6. The summed E-state index contributed by atoms with van der Waals surface area (Å²) in [4.78, 5) is 16.9. The van der Waals surface area contributed by atoms with Gasteiger partial charge in [0.25, 0.3) is 0 Å². The first-order chi connectivity index (χ1) is 15.1. The molecule has 0 aliphatic carbocycles. The molecule has 0 unspecified atom stereocenters. The lowest BCUT2D eigenvalue weighted by Crippen LogP contribution is -2.14. The lowest BCUT2D eigenvalue weighted by molar-refractivity contribution is -0.115. The average molecular weight is 412 g/mol. The van der Waals surface area contributed by atoms with Gasteiger partial charge in [-0.1, -0.05) is 54.6 Å². The number of carbonyl (C=O) groups excluding carboxylic acids is 1. The zero-order valence-corrected chi connectivity index (χ0v) is 17.6. The number of amides is 1. The summed E-state index contributed by atoms with van der Waals surface area (Å²) in [7, 11) is 0. The molecule has 1 N–H and O–H groups in total. The number of ether oxygens (including phenoxy) is 1. The van der Waals surface area contributed by atoms with Crippen molar-refractivity contribution in [3.8, 4) is 23.1 Å². The van der Waals surface area contributed by atoms with E-state index in [1.807, 2.05) is 92.7 Å². The van der Waals surface area contributed by atoms with Crippen LogP contribution in [0, 0.1) is 6.92 Å². The van der Waals surface area contributed by atoms with Gasteiger partial charge in [0.05, 0.1) is 18.7 Å². The van der Waals surface area contributed by atoms with Gasteiger partial charge in [-0.3, -0.25) is 4.79 Å². The number of aryl methyl sites for hydroxylation is 1. The first-order valence-corrected chi connectivity index (χ1v) is 10.2. The lowest BCUT2D eigenvalue weighted by Gasteiger charge is -2.09. The number of hydrogen-bond acceptors (Lipinski definition) is 4. The highest BCUT2D eigenvalue weighted by molar-refractivity contribution is 5.92. The van der Waals surface area contributed by atoms with Crippen LogP contribution in [0.25, 0.3) is 17.1 Å². The normalized spacial score (nSPS) is 10.6. The molecule has 4 rings (SSSR count). The average Bonchev–Trinajstić information content (AvgIpc) is 3.19. The molecule has 0 bridgehead atoms. The Hall–Kier alpha value is -3.93. The quantitative estimate of drug-likeness (QED) is 0.472. The highest BCUT2D eigenvalue weighted by Crippen LogP contribution is 2.26. The van der Waals surface area contributed by atoms with E-state index in [1.54, 1.807) is 4.68 Å². The zero-order valence-electron chi connectivity index (χ0n) is 17.6. The Morgan fingerprint density at radius 2 is 1.68 bits per heavy atom. The SMILES string of the molecule is CCOc1nc(-c2ccccc2C)n(-c2ccc(NC(=O)Cc3ccccc3)cc2)n1. The van der Waals surface area contributed by atoms with E-state index in [9.17, 15) is 4.79 Å². The molecule has 156 valence electrons. The molecule has 4 aromatic rings. The second-order valence-electron chi connectivity index (χ2n) is 7.14. The molecule has 0 atom stereocenters. The number of aromatic nitrogens is 3. The fourth-order valence-corrected chi connectivity index (χ4v) is 3.33. The van der Waals surface area contributed by atoms with E-state index in [1.165, 1.54) is 0 Å². The van der Waals surface area contributed by atoms with Crippen molar-refractivity contribution in [1.82, 2.24) is 14.8 Å². The minimum Gasteiger partial charge on any atom is -0.463 e. The predicted octanol–water partition coefficient (Wildman–Crippen LogP) is 4.82. The molecule has 3 aromatic carbocycles. The van der Waals surface area contributed by atoms with Gasteiger partial charge in [0.1, 0.15) is 0 Å². The van der Waals surface area contributed by atoms with Crippen LogP contribution in [0.3, 0.4) is 0 Å². The Morgan fingerprint density at radius 3 is 2.39 bits per heavy atom. The third kappa shape index (κ3) is 4.80. The molecular weight excluding hydrogens is 388 g/mol. The summed E-state index contributed by atoms with van der Waals surface area (Å²) in [6.45, 7) is 4.44. The van der Waals surface area contributed by atoms with Gasteiger partial charge in [0.2, 0.25) is 5.91 Å². The number of rotatable bonds is 7. The van der Waals surface area contributed by atoms with Crippen LogP contribution in [0.15, 0.2) is 78.9 Å². The Morgan fingerprint density at radius 1 is 0.968 bits per heavy atom. The van der Waals surface area contributed by atoms with Crippen LogP contribution in [-0.2, 0) is 11.2 Å². The van der Waals surface area contributed by atoms with Crippen molar-refractivity contribution in [2.45, 2.75) is 20.3 Å². The molecular formula is C25H24N4O2. The second kappa shape index (κ2) is 9.26. The van der Waals surface area contributed by atoms with E-state index in [0.717, 1.165) is 28.1 Å². The van der Waals surface area contributed by atoms with Crippen molar-refractivity contribution in [2.24, 2.45) is 0 Å². The fraction of sp³-hybridized carbons (Fsp3) is 0.160. The molecule has 0 aliphatic heterocycles. The van der Waals surface area contributed by atoms with Crippen LogP contribution in [0.2, 0.25) is 0 Å². The molecule has 1 heterocycles. The summed E-state index contributed by atoms with van der Waals surface area (Å²) in [6.07, 6.45) is 0.334. The maximum atomic E-state index is 12.3. The van der Waals surface area contributed by atoms with Crippen molar-refractivity contribution >= 4 is 11.6 Å². The van der Waals surface area contributed by atoms with Crippen LogP contribution in [0.5, 0.6) is 6.01 Å². The smallest absolute Gasteiger partial charge is 0.336 e. The summed E-state index contributed by atoms with van der Waals surface area (Å²) in [5.41, 5.74) is 4.63. The predicted molar refractivity (Wildman–Crippen MR) is 121 cm³/mol. The number of benzene rings is 3. The van der Waals surface area contributed by atoms with Crippen molar-refractivity contribution in [2.75, 3.05) is 11.9 Å². The van der Waals surface area contributed by atoms with E-state index in [-0.39, 0.29) is 5.91 Å². The molecule has 6 heteroatoms. The zero-order chi connectivity index (χ0) is 21.6. The lowest BCUT2D eigenvalue weighted by atomic mass is 10.1. The summed E-state index contributed by atoms with van der Waals surface area (Å²) >= 11 is 0. The number of carbonyl (C=O) groups is 1. The highest BCUT2D eigenvalue weighted by atomic mass is 16.5. The van der Waals surface area contributed by atoms with Gasteiger partial charge >= 0.3 is 6.01 Å². The fourth-order valence-electron chi connectivity index (χ4n) is 3.33. The second-order valence-corrected chi connectivity index (χ2v) is 7.14. The maximum Gasteiger partial charge on any atom is 0.336 e. The maximum absolute atomic E-state index is 12.3. The van der Waals surface area contributed by atoms with Gasteiger partial charge in [0.15, 0.2) is 5.82 Å². The molecule has 0 spiro atoms. The third-order valence-electron chi connectivity index (χ3n) is 4.85. The molecule has 1 amide bonds. The number of hydrogen-bond donors (Lipinski definition) is 1. The summed E-state index contributed by atoms with van der Waals surface area (Å²) in [5, 5.41) is 7.47. The van der Waals surface area contributed by atoms with E-state index in [2.05, 4.69) is 15.4 Å². The Balaban J connectivity index is 1.57. The molecule has 0 fully saturated rings. The van der Waals surface area contributed by atoms with Gasteiger partial charge in [-0.15, -0.1) is 5.10 Å². The van der Waals surface area contributed by atoms with E-state index >= 15 is 0 Å². The largest absolute Gasteiger partial charge is 0.463 e. The van der Waals surface area contributed by atoms with E-state index in [0.29, 0.717) is 24.9 Å². The van der Waals surface area contributed by atoms with Gasteiger partial charge in [-0.25, -0.2) is 4.68 Å². The van der Waals surface area contributed by atoms with Crippen molar-refractivity contribution < 1.29 is 9.53 Å². The van der Waals surface area contributed by atoms with E-state index in [4.69, 9.17) is 4.74 Å². The standard InChI is InChI=1S/C25H24N4O2/c1-3-31-25-27-24(22-12-8-7-9-18(22)2)29(28-25)21-15-13-20(14-16-21)26-23(30)17-19-10-5-4-6-11-19/h4-16H,3,17H2,1-2H3,(H,26,30). The van der Waals surface area contributed by atoms with Crippen LogP contribution < -0.4 is 10.1 Å². The van der Waals surface area contributed by atoms with Crippen LogP contribution >= 0.6 is 0 Å². The first kappa shape index (κ1) is 20.3. The minimum atomic E-state index is -0.0565. The van der Waals surface area contributed by atoms with Crippen LogP contribution in [0.4, 0.5) is 5.69 Å². The van der Waals surface area contributed by atoms with E-state index < -0.39 is 0 Å². The van der Waals surface area contributed by atoms with Crippen molar-refractivity contribution in [3.05, 3.63) is 90.0 Å². The van der Waals surface area contributed by atoms with Gasteiger partial charge in [0, 0.05) is 11.3 Å². The Labute approximate surface area is 181 Å². The van der Waals surface area contributed by atoms with Gasteiger partial charge in [-0.05, 0) is 49.2 Å². The molecule has 0 aliphatic rings. The summed E-state index contributed by atoms with van der Waals surface area (Å²) < 4.78 is 7.31. The van der Waals surface area contributed by atoms with Gasteiger partial charge in [-0.2, -0.15) is 4.98 Å². The summed E-state index contributed by atoms with van der Waals surface area (Å²) in [5.74, 6) is 0.654. The number of nitrogens with zero attached hydrogens (tertiary/aromatic N) is 3. The molecule has 0 saturated carbocycles. The first-order valence-electron chi connectivity index (χ1n) is 10.2. The number of nitrogens with one attached hydrogen (secondary N) is 1. The Bertz CT molecular complexity index is 1170. The van der Waals surface area contributed by atoms with Crippen molar-refractivity contribution in [1.29, 1.82) is 0 Å². The minimum absolute atomic E-state index is 0.0565. The van der Waals surface area contributed by atoms with Crippen LogP contribution in [-0.4, -0.2) is 27.3 Å². The van der Waals surface area contributed by atoms with Gasteiger partial charge < -0.3 is 10.1 Å². The topological polar surface area (TPSA) is 69.0 Å². The molecule has 0 saturated heterocycles. The Kier molecular flexibility index (Phi) is 6.08. The highest BCUT2D eigenvalue weighted by Gasteiger charge is 2.16. The van der Waals surface area contributed by atoms with Crippen molar-refractivity contribution in [3.63, 3.8) is 0 Å². The molecule has 1 aromatic heterocycles.